The summed E-state index contributed by atoms with van der Waals surface area (Å²) in [7, 11) is 0. The maximum atomic E-state index is 13.7. The Hall–Kier alpha value is -3.93. The molecule has 0 N–H and O–H groups in total. The molecule has 1 aliphatic heterocycles. The highest BCUT2D eigenvalue weighted by molar-refractivity contribution is 9.10. The van der Waals surface area contributed by atoms with E-state index >= 15 is 0 Å². The average molecular weight is 480 g/mol. The maximum Gasteiger partial charge on any atom is 0.259 e. The molecule has 0 fully saturated rings. The zero-order valence-electron chi connectivity index (χ0n) is 17.1. The molecule has 0 radical (unpaired) electrons. The van der Waals surface area contributed by atoms with E-state index in [-0.39, 0.29) is 11.5 Å². The molecule has 0 spiro atoms. The Morgan fingerprint density at radius 2 is 1.62 bits per heavy atom. The lowest BCUT2D eigenvalue weighted by Gasteiger charge is -2.45. The molecule has 0 aliphatic carbocycles. The molecule has 3 aromatic carbocycles. The van der Waals surface area contributed by atoms with Crippen LogP contribution in [0.3, 0.4) is 0 Å². The zero-order chi connectivity index (χ0) is 22.7. The summed E-state index contributed by atoms with van der Waals surface area (Å²) in [6.07, 6.45) is 3.45. The molecule has 3 aromatic rings. The molecule has 0 aromatic heterocycles. The topological polar surface area (TPSA) is 67.9 Å². The molecule has 4 nitrogen and oxygen atoms in total. The fourth-order valence-corrected chi connectivity index (χ4v) is 4.49. The van der Waals surface area contributed by atoms with E-state index in [1.807, 2.05) is 60.7 Å². The number of fused-ring (bicyclic) bond motifs is 1. The highest BCUT2D eigenvalue weighted by atomic mass is 79.9. The number of carbonyl (C=O) groups excluding carboxylic acids is 1. The van der Waals surface area contributed by atoms with Crippen LogP contribution >= 0.6 is 15.9 Å². The number of nitriles is 2. The first kappa shape index (κ1) is 21.3. The van der Waals surface area contributed by atoms with Crippen LogP contribution in [0.1, 0.15) is 33.0 Å². The van der Waals surface area contributed by atoms with Gasteiger partial charge in [0.25, 0.3) is 5.91 Å². The monoisotopic (exact) mass is 479 g/mol. The lowest BCUT2D eigenvalue weighted by Crippen LogP contribution is -2.51. The predicted octanol–water partition coefficient (Wildman–Crippen LogP) is 6.16. The van der Waals surface area contributed by atoms with Gasteiger partial charge in [0.1, 0.15) is 0 Å². The largest absolute Gasteiger partial charge is 0.291 e. The molecular formula is C27H18BrN3O. The van der Waals surface area contributed by atoms with E-state index in [1.54, 1.807) is 30.5 Å². The highest BCUT2D eigenvalue weighted by Gasteiger charge is 2.52. The van der Waals surface area contributed by atoms with Gasteiger partial charge in [0.2, 0.25) is 0 Å². The van der Waals surface area contributed by atoms with Crippen molar-refractivity contribution in [3.63, 3.8) is 0 Å². The summed E-state index contributed by atoms with van der Waals surface area (Å²) in [5.74, 6) is -1.10. The lowest BCUT2D eigenvalue weighted by atomic mass is 9.68. The van der Waals surface area contributed by atoms with Crippen LogP contribution in [0.25, 0.3) is 6.08 Å². The summed E-state index contributed by atoms with van der Waals surface area (Å²) in [6, 6.07) is 28.3. The summed E-state index contributed by atoms with van der Waals surface area (Å²) in [6.45, 7) is 3.99. The van der Waals surface area contributed by atoms with Crippen LogP contribution in [-0.2, 0) is 5.54 Å². The number of rotatable bonds is 4. The van der Waals surface area contributed by atoms with E-state index in [0.717, 1.165) is 15.6 Å². The average Bonchev–Trinajstić information content (AvgIpc) is 2.84. The molecule has 154 valence electrons. The van der Waals surface area contributed by atoms with E-state index in [4.69, 9.17) is 0 Å². The normalized spacial score (nSPS) is 17.5. The summed E-state index contributed by atoms with van der Waals surface area (Å²) < 4.78 is 0.847. The molecule has 0 saturated carbocycles. The van der Waals surface area contributed by atoms with Crippen molar-refractivity contribution in [2.24, 2.45) is 0 Å². The van der Waals surface area contributed by atoms with E-state index in [1.165, 1.54) is 4.90 Å². The van der Waals surface area contributed by atoms with Gasteiger partial charge in [-0.15, -0.1) is 0 Å². The molecule has 5 heteroatoms. The number of hydrogen-bond acceptors (Lipinski definition) is 3. The van der Waals surface area contributed by atoms with Gasteiger partial charge in [-0.05, 0) is 41.5 Å². The van der Waals surface area contributed by atoms with Crippen LogP contribution in [0, 0.1) is 22.7 Å². The van der Waals surface area contributed by atoms with Crippen molar-refractivity contribution in [3.8, 4) is 12.1 Å². The van der Waals surface area contributed by atoms with Crippen molar-refractivity contribution in [1.82, 2.24) is 4.90 Å². The molecule has 1 amide bonds. The van der Waals surface area contributed by atoms with Gasteiger partial charge in [-0.25, -0.2) is 0 Å². The third kappa shape index (κ3) is 3.43. The van der Waals surface area contributed by atoms with E-state index in [9.17, 15) is 15.3 Å². The number of amides is 1. The van der Waals surface area contributed by atoms with Crippen molar-refractivity contribution in [2.75, 3.05) is 0 Å². The Kier molecular flexibility index (Phi) is 5.77. The lowest BCUT2D eigenvalue weighted by molar-refractivity contribution is 0.0675. The molecule has 32 heavy (non-hydrogen) atoms. The van der Waals surface area contributed by atoms with E-state index in [2.05, 4.69) is 34.6 Å². The van der Waals surface area contributed by atoms with Gasteiger partial charge >= 0.3 is 0 Å². The van der Waals surface area contributed by atoms with E-state index < -0.39 is 11.5 Å². The van der Waals surface area contributed by atoms with Gasteiger partial charge in [-0.1, -0.05) is 77.1 Å². The quantitative estimate of drug-likeness (QED) is 0.420. The van der Waals surface area contributed by atoms with Crippen LogP contribution in [0.4, 0.5) is 0 Å². The van der Waals surface area contributed by atoms with Crippen molar-refractivity contribution < 1.29 is 4.79 Å². The fraction of sp³-hybridized carbons (Fsp3) is 0.0741. The SMILES string of the molecule is C=C(C#N)[C@H](c1ccccc1)[C@@]1(C#N)c2ccccc2C=CN1C(=O)c1ccc(Br)cc1. The Bertz CT molecular complexity index is 1300. The Morgan fingerprint density at radius 1 is 0.969 bits per heavy atom. The molecule has 1 heterocycles. The second-order valence-corrected chi connectivity index (χ2v) is 8.36. The van der Waals surface area contributed by atoms with Gasteiger partial charge in [0, 0.05) is 27.4 Å². The molecule has 0 saturated heterocycles. The second kappa shape index (κ2) is 8.67. The first-order valence-electron chi connectivity index (χ1n) is 9.95. The third-order valence-electron chi connectivity index (χ3n) is 5.68. The second-order valence-electron chi connectivity index (χ2n) is 7.44. The smallest absolute Gasteiger partial charge is 0.259 e. The first-order valence-corrected chi connectivity index (χ1v) is 10.7. The third-order valence-corrected chi connectivity index (χ3v) is 6.21. The number of benzene rings is 3. The molecule has 4 rings (SSSR count). The van der Waals surface area contributed by atoms with Gasteiger partial charge in [-0.2, -0.15) is 10.5 Å². The van der Waals surface area contributed by atoms with Crippen LogP contribution in [0.15, 0.2) is 102 Å². The highest BCUT2D eigenvalue weighted by Crippen LogP contribution is 2.49. The van der Waals surface area contributed by atoms with Crippen molar-refractivity contribution >= 4 is 27.9 Å². The Labute approximate surface area is 195 Å². The van der Waals surface area contributed by atoms with Crippen LogP contribution < -0.4 is 0 Å². The number of carbonyl (C=O) groups is 1. The van der Waals surface area contributed by atoms with E-state index in [0.29, 0.717) is 11.1 Å². The molecule has 2 atom stereocenters. The van der Waals surface area contributed by atoms with Gasteiger partial charge in [0.15, 0.2) is 5.54 Å². The summed E-state index contributed by atoms with van der Waals surface area (Å²) >= 11 is 3.39. The van der Waals surface area contributed by atoms with Gasteiger partial charge < -0.3 is 0 Å². The number of nitrogens with zero attached hydrogens (tertiary/aromatic N) is 3. The Balaban J connectivity index is 2.01. The standard InChI is InChI=1S/C27H18BrN3O/c1-19(17-29)25(21-8-3-2-4-9-21)27(18-30)24-10-6-5-7-20(24)15-16-31(27)26(32)22-11-13-23(28)14-12-22/h2-16,25H,1H2/t25-,27-/m1/s1. The predicted molar refractivity (Wildman–Crippen MR) is 127 cm³/mol. The minimum Gasteiger partial charge on any atom is -0.291 e. The van der Waals surface area contributed by atoms with Crippen LogP contribution in [0.5, 0.6) is 0 Å². The van der Waals surface area contributed by atoms with Crippen molar-refractivity contribution in [3.05, 3.63) is 124 Å². The molecular weight excluding hydrogens is 462 g/mol. The fourth-order valence-electron chi connectivity index (χ4n) is 4.23. The maximum absolute atomic E-state index is 13.7. The minimum atomic E-state index is -1.50. The number of halogens is 1. The summed E-state index contributed by atoms with van der Waals surface area (Å²) in [5, 5.41) is 20.6. The van der Waals surface area contributed by atoms with Crippen LogP contribution in [-0.4, -0.2) is 10.8 Å². The van der Waals surface area contributed by atoms with Gasteiger partial charge in [-0.3, -0.25) is 9.69 Å². The van der Waals surface area contributed by atoms with Gasteiger partial charge in [0.05, 0.1) is 18.1 Å². The minimum absolute atomic E-state index is 0.205. The Morgan fingerprint density at radius 3 is 2.28 bits per heavy atom. The van der Waals surface area contributed by atoms with Crippen molar-refractivity contribution in [2.45, 2.75) is 11.5 Å². The molecule has 0 bridgehead atoms. The number of hydrogen-bond donors (Lipinski definition) is 0. The first-order chi connectivity index (χ1) is 15.5. The molecule has 0 unspecified atom stereocenters. The summed E-state index contributed by atoms with van der Waals surface area (Å²) in [5.41, 5.74) is 1.35. The zero-order valence-corrected chi connectivity index (χ0v) is 18.7. The van der Waals surface area contributed by atoms with Crippen molar-refractivity contribution in [1.29, 1.82) is 10.5 Å². The summed E-state index contributed by atoms with van der Waals surface area (Å²) in [4.78, 5) is 15.2. The van der Waals surface area contributed by atoms with Crippen LogP contribution in [0.2, 0.25) is 0 Å². The molecule has 1 aliphatic rings.